The molecule has 2 N–H and O–H groups in total. The summed E-state index contributed by atoms with van der Waals surface area (Å²) in [5, 5.41) is 3.96. The largest absolute Gasteiger partial charge is 0.465 e. The lowest BCUT2D eigenvalue weighted by Crippen LogP contribution is -2.40. The molecule has 2 aromatic heterocycles. The molecule has 2 amide bonds. The summed E-state index contributed by atoms with van der Waals surface area (Å²) in [5.41, 5.74) is 1.76. The fourth-order valence-corrected chi connectivity index (χ4v) is 4.04. The van der Waals surface area contributed by atoms with E-state index in [4.69, 9.17) is 4.42 Å². The van der Waals surface area contributed by atoms with Gasteiger partial charge in [0.1, 0.15) is 11.5 Å². The second-order valence-corrected chi connectivity index (χ2v) is 7.87. The maximum Gasteiger partial charge on any atom is 0.253 e. The lowest BCUT2D eigenvalue weighted by atomic mass is 9.92. The molecular formula is C23H27N3O3. The molecule has 3 heterocycles. The first-order chi connectivity index (χ1) is 14.1. The van der Waals surface area contributed by atoms with E-state index in [9.17, 15) is 9.59 Å². The summed E-state index contributed by atoms with van der Waals surface area (Å²) in [7, 11) is 0. The quantitative estimate of drug-likeness (QED) is 0.664. The summed E-state index contributed by atoms with van der Waals surface area (Å²) in [6, 6.07) is 11.5. The van der Waals surface area contributed by atoms with Gasteiger partial charge >= 0.3 is 0 Å². The number of piperidine rings is 1. The topological polar surface area (TPSA) is 78.3 Å². The van der Waals surface area contributed by atoms with Gasteiger partial charge in [0, 0.05) is 42.2 Å². The lowest BCUT2D eigenvalue weighted by molar-refractivity contribution is -0.121. The van der Waals surface area contributed by atoms with Gasteiger partial charge in [-0.1, -0.05) is 0 Å². The van der Waals surface area contributed by atoms with Gasteiger partial charge in [0.2, 0.25) is 5.91 Å². The summed E-state index contributed by atoms with van der Waals surface area (Å²) in [5.74, 6) is 2.08. The number of benzene rings is 1. The van der Waals surface area contributed by atoms with E-state index in [1.54, 1.807) is 0 Å². The van der Waals surface area contributed by atoms with Crippen molar-refractivity contribution < 1.29 is 14.0 Å². The number of rotatable bonds is 6. The van der Waals surface area contributed by atoms with Gasteiger partial charge in [-0.15, -0.1) is 0 Å². The zero-order valence-electron chi connectivity index (χ0n) is 16.7. The number of aryl methyl sites for hydroxylation is 1. The van der Waals surface area contributed by atoms with E-state index in [2.05, 4.69) is 10.3 Å². The number of carbonyl (C=O) groups excluding carboxylic acids is 2. The molecular weight excluding hydrogens is 366 g/mol. The van der Waals surface area contributed by atoms with Crippen molar-refractivity contribution in [3.63, 3.8) is 0 Å². The van der Waals surface area contributed by atoms with Gasteiger partial charge < -0.3 is 19.6 Å². The van der Waals surface area contributed by atoms with Crippen LogP contribution >= 0.6 is 0 Å². The number of hydrogen-bond acceptors (Lipinski definition) is 3. The molecule has 0 bridgehead atoms. The third-order valence-corrected chi connectivity index (χ3v) is 5.64. The number of furan rings is 1. The van der Waals surface area contributed by atoms with Crippen LogP contribution in [0.5, 0.6) is 0 Å². The molecule has 1 aliphatic heterocycles. The van der Waals surface area contributed by atoms with Crippen molar-refractivity contribution in [3.05, 3.63) is 59.7 Å². The van der Waals surface area contributed by atoms with Crippen LogP contribution in [0.15, 0.2) is 47.0 Å². The number of carbonyl (C=O) groups is 2. The third kappa shape index (κ3) is 4.70. The Balaban J connectivity index is 1.27. The first-order valence-electron chi connectivity index (χ1n) is 10.3. The molecule has 3 aromatic rings. The molecule has 4 rings (SSSR count). The first kappa shape index (κ1) is 19.3. The van der Waals surface area contributed by atoms with E-state index in [1.165, 1.54) is 0 Å². The Labute approximate surface area is 170 Å². The van der Waals surface area contributed by atoms with Gasteiger partial charge in [0.25, 0.3) is 5.91 Å². The fourth-order valence-electron chi connectivity index (χ4n) is 4.04. The number of aromatic amines is 1. The minimum Gasteiger partial charge on any atom is -0.465 e. The van der Waals surface area contributed by atoms with Crippen LogP contribution in [-0.2, 0) is 11.3 Å². The third-order valence-electron chi connectivity index (χ3n) is 5.64. The average Bonchev–Trinajstić information content (AvgIpc) is 3.38. The normalized spacial score (nSPS) is 16.9. The van der Waals surface area contributed by atoms with Crippen molar-refractivity contribution >= 4 is 22.7 Å². The van der Waals surface area contributed by atoms with E-state index in [1.807, 2.05) is 54.4 Å². The van der Waals surface area contributed by atoms with Gasteiger partial charge in [0.05, 0.1) is 6.54 Å². The molecule has 6 nitrogen and oxygen atoms in total. The summed E-state index contributed by atoms with van der Waals surface area (Å²) in [6.07, 6.45) is 5.20. The fraction of sp³-hybridized carbons (Fsp3) is 0.391. The number of amides is 2. The highest BCUT2D eigenvalue weighted by Gasteiger charge is 2.25. The molecule has 1 atom stereocenters. The number of nitrogens with one attached hydrogen (secondary N) is 2. The highest BCUT2D eigenvalue weighted by Crippen LogP contribution is 2.23. The van der Waals surface area contributed by atoms with Gasteiger partial charge in [-0.2, -0.15) is 0 Å². The van der Waals surface area contributed by atoms with E-state index in [0.29, 0.717) is 25.4 Å². The summed E-state index contributed by atoms with van der Waals surface area (Å²) in [6.45, 7) is 3.81. The summed E-state index contributed by atoms with van der Waals surface area (Å²) < 4.78 is 5.47. The van der Waals surface area contributed by atoms with E-state index in [-0.39, 0.29) is 11.8 Å². The predicted octanol–water partition coefficient (Wildman–Crippen LogP) is 4.02. The van der Waals surface area contributed by atoms with Crippen LogP contribution in [0.3, 0.4) is 0 Å². The Morgan fingerprint density at radius 2 is 2.14 bits per heavy atom. The molecule has 0 aliphatic carbocycles. The van der Waals surface area contributed by atoms with Crippen molar-refractivity contribution in [3.8, 4) is 0 Å². The van der Waals surface area contributed by atoms with Gasteiger partial charge in [-0.25, -0.2) is 0 Å². The zero-order chi connectivity index (χ0) is 20.2. The van der Waals surface area contributed by atoms with Gasteiger partial charge in [-0.3, -0.25) is 9.59 Å². The SMILES string of the molecule is Cc1ccc(CNC(=O)CCC2CCCN(C(=O)c3ccc4[nH]ccc4c3)C2)o1. The van der Waals surface area contributed by atoms with Crippen LogP contribution in [0.1, 0.15) is 47.6 Å². The van der Waals surface area contributed by atoms with Gasteiger partial charge in [0.15, 0.2) is 0 Å². The van der Waals surface area contributed by atoms with E-state index in [0.717, 1.165) is 53.8 Å². The Hall–Kier alpha value is -3.02. The van der Waals surface area contributed by atoms with E-state index < -0.39 is 0 Å². The Morgan fingerprint density at radius 1 is 1.24 bits per heavy atom. The molecule has 0 spiro atoms. The second kappa shape index (κ2) is 8.55. The number of H-pyrrole nitrogens is 1. The maximum absolute atomic E-state index is 12.9. The van der Waals surface area contributed by atoms with Crippen LogP contribution < -0.4 is 5.32 Å². The number of nitrogens with zero attached hydrogens (tertiary/aromatic N) is 1. The highest BCUT2D eigenvalue weighted by atomic mass is 16.3. The number of likely N-dealkylation sites (tertiary alicyclic amines) is 1. The van der Waals surface area contributed by atoms with Crippen LogP contribution in [0, 0.1) is 12.8 Å². The molecule has 6 heteroatoms. The Bertz CT molecular complexity index is 1000. The monoisotopic (exact) mass is 393 g/mol. The molecule has 1 aromatic carbocycles. The Kier molecular flexibility index (Phi) is 5.69. The lowest BCUT2D eigenvalue weighted by Gasteiger charge is -2.33. The smallest absolute Gasteiger partial charge is 0.253 e. The highest BCUT2D eigenvalue weighted by molar-refractivity contribution is 5.98. The molecule has 1 fully saturated rings. The molecule has 1 saturated heterocycles. The summed E-state index contributed by atoms with van der Waals surface area (Å²) >= 11 is 0. The van der Waals surface area contributed by atoms with Crippen molar-refractivity contribution in [2.24, 2.45) is 5.92 Å². The van der Waals surface area contributed by atoms with Gasteiger partial charge in [-0.05, 0) is 68.5 Å². The van der Waals surface area contributed by atoms with Crippen molar-refractivity contribution in [2.75, 3.05) is 13.1 Å². The minimum atomic E-state index is 0.0282. The van der Waals surface area contributed by atoms with Crippen LogP contribution in [0.2, 0.25) is 0 Å². The van der Waals surface area contributed by atoms with Crippen LogP contribution in [0.25, 0.3) is 10.9 Å². The van der Waals surface area contributed by atoms with Crippen LogP contribution in [-0.4, -0.2) is 34.8 Å². The van der Waals surface area contributed by atoms with Crippen molar-refractivity contribution in [1.82, 2.24) is 15.2 Å². The standard InChI is InChI=1S/C23H27N3O3/c1-16-4-7-20(29-16)14-25-22(27)9-5-17-3-2-12-26(15-17)23(28)19-6-8-21-18(13-19)10-11-24-21/h4,6-8,10-11,13,17,24H,2-3,5,9,12,14-15H2,1H3,(H,25,27). The average molecular weight is 393 g/mol. The van der Waals surface area contributed by atoms with E-state index >= 15 is 0 Å². The molecule has 29 heavy (non-hydrogen) atoms. The zero-order valence-corrected chi connectivity index (χ0v) is 16.7. The molecule has 152 valence electrons. The maximum atomic E-state index is 12.9. The van der Waals surface area contributed by atoms with Crippen molar-refractivity contribution in [1.29, 1.82) is 0 Å². The minimum absolute atomic E-state index is 0.0282. The van der Waals surface area contributed by atoms with Crippen molar-refractivity contribution in [2.45, 2.75) is 39.2 Å². The molecule has 0 radical (unpaired) electrons. The number of aromatic nitrogens is 1. The molecule has 0 saturated carbocycles. The molecule has 1 unspecified atom stereocenters. The Morgan fingerprint density at radius 3 is 2.97 bits per heavy atom. The first-order valence-corrected chi connectivity index (χ1v) is 10.3. The van der Waals surface area contributed by atoms with Crippen LogP contribution in [0.4, 0.5) is 0 Å². The second-order valence-electron chi connectivity index (χ2n) is 7.87. The summed E-state index contributed by atoms with van der Waals surface area (Å²) in [4.78, 5) is 30.2. The predicted molar refractivity (Wildman–Crippen MR) is 111 cm³/mol. The molecule has 1 aliphatic rings. The number of fused-ring (bicyclic) bond motifs is 1. The number of hydrogen-bond donors (Lipinski definition) is 2.